The molecule has 2 amide bonds. The predicted molar refractivity (Wildman–Crippen MR) is 92.1 cm³/mol. The highest BCUT2D eigenvalue weighted by atomic mass is 35.5. The molecular formula is C18H18ClFN2O2. The molecule has 1 atom stereocenters. The third-order valence-corrected chi connectivity index (χ3v) is 4.18. The number of nitrogens with one attached hydrogen (secondary N) is 1. The standard InChI is InChI=1S/C18H18ClFN2O2/c1-2-15-11-22(16-9-13(19)5-8-17(16)24-15)18(23)21-10-12-3-6-14(20)7-4-12/h3-9,15H,2,10-11H2,1H3,(H,21,23)/t15-/m1/s1. The van der Waals surface area contributed by atoms with E-state index in [4.69, 9.17) is 16.3 Å². The largest absolute Gasteiger partial charge is 0.486 e. The van der Waals surface area contributed by atoms with Crippen LogP contribution in [-0.4, -0.2) is 18.7 Å². The summed E-state index contributed by atoms with van der Waals surface area (Å²) in [6.07, 6.45) is 0.735. The fourth-order valence-electron chi connectivity index (χ4n) is 2.60. The predicted octanol–water partition coefficient (Wildman–Crippen LogP) is 4.37. The van der Waals surface area contributed by atoms with Crippen LogP contribution < -0.4 is 15.0 Å². The Balaban J connectivity index is 1.76. The number of nitrogens with zero attached hydrogens (tertiary/aromatic N) is 1. The van der Waals surface area contributed by atoms with E-state index in [-0.39, 0.29) is 18.0 Å². The molecule has 1 aliphatic rings. The van der Waals surface area contributed by atoms with Gasteiger partial charge in [-0.1, -0.05) is 30.7 Å². The van der Waals surface area contributed by atoms with Crippen molar-refractivity contribution in [2.24, 2.45) is 0 Å². The molecule has 0 spiro atoms. The highest BCUT2D eigenvalue weighted by molar-refractivity contribution is 6.31. The lowest BCUT2D eigenvalue weighted by Crippen LogP contribution is -2.47. The molecule has 0 unspecified atom stereocenters. The van der Waals surface area contributed by atoms with Gasteiger partial charge in [0, 0.05) is 11.6 Å². The van der Waals surface area contributed by atoms with Crippen LogP contribution in [0.4, 0.5) is 14.9 Å². The fourth-order valence-corrected chi connectivity index (χ4v) is 2.77. The minimum atomic E-state index is -0.299. The van der Waals surface area contributed by atoms with Crippen LogP contribution in [0.25, 0.3) is 0 Å². The molecule has 2 aromatic carbocycles. The Labute approximate surface area is 145 Å². The zero-order valence-electron chi connectivity index (χ0n) is 13.3. The molecular weight excluding hydrogens is 331 g/mol. The van der Waals surface area contributed by atoms with Gasteiger partial charge in [-0.25, -0.2) is 9.18 Å². The van der Waals surface area contributed by atoms with E-state index in [9.17, 15) is 9.18 Å². The summed E-state index contributed by atoms with van der Waals surface area (Å²) in [5, 5.41) is 3.40. The number of carbonyl (C=O) groups excluding carboxylic acids is 1. The maximum Gasteiger partial charge on any atom is 0.322 e. The van der Waals surface area contributed by atoms with E-state index in [1.54, 1.807) is 35.2 Å². The average molecular weight is 349 g/mol. The molecule has 0 aromatic heterocycles. The zero-order chi connectivity index (χ0) is 17.1. The van der Waals surface area contributed by atoms with Gasteiger partial charge in [0.15, 0.2) is 0 Å². The Bertz CT molecular complexity index is 736. The first-order chi connectivity index (χ1) is 11.6. The number of ether oxygens (including phenoxy) is 1. The molecule has 0 radical (unpaired) electrons. The Hall–Kier alpha value is -2.27. The summed E-state index contributed by atoms with van der Waals surface area (Å²) in [5.74, 6) is 0.349. The number of benzene rings is 2. The van der Waals surface area contributed by atoms with E-state index >= 15 is 0 Å². The summed E-state index contributed by atoms with van der Waals surface area (Å²) in [5.41, 5.74) is 1.49. The Morgan fingerprint density at radius 2 is 2.08 bits per heavy atom. The number of halogens is 2. The van der Waals surface area contributed by atoms with Crippen molar-refractivity contribution in [2.75, 3.05) is 11.4 Å². The Morgan fingerprint density at radius 3 is 2.79 bits per heavy atom. The average Bonchev–Trinajstić information content (AvgIpc) is 2.60. The Kier molecular flexibility index (Phi) is 4.90. The van der Waals surface area contributed by atoms with E-state index in [0.717, 1.165) is 12.0 Å². The molecule has 2 aromatic rings. The maximum absolute atomic E-state index is 12.9. The molecule has 6 heteroatoms. The van der Waals surface area contributed by atoms with Gasteiger partial charge in [-0.05, 0) is 42.3 Å². The van der Waals surface area contributed by atoms with Crippen molar-refractivity contribution in [3.05, 3.63) is 58.9 Å². The molecule has 1 heterocycles. The maximum atomic E-state index is 12.9. The van der Waals surface area contributed by atoms with Crippen molar-refractivity contribution in [2.45, 2.75) is 26.0 Å². The minimum Gasteiger partial charge on any atom is -0.486 e. The summed E-state index contributed by atoms with van der Waals surface area (Å²) < 4.78 is 18.8. The summed E-state index contributed by atoms with van der Waals surface area (Å²) in [7, 11) is 0. The van der Waals surface area contributed by atoms with E-state index in [0.29, 0.717) is 29.5 Å². The van der Waals surface area contributed by atoms with E-state index < -0.39 is 0 Å². The van der Waals surface area contributed by atoms with Gasteiger partial charge in [0.2, 0.25) is 0 Å². The van der Waals surface area contributed by atoms with Gasteiger partial charge in [-0.3, -0.25) is 4.90 Å². The van der Waals surface area contributed by atoms with Crippen LogP contribution in [-0.2, 0) is 6.54 Å². The van der Waals surface area contributed by atoms with Crippen molar-refractivity contribution < 1.29 is 13.9 Å². The van der Waals surface area contributed by atoms with Gasteiger partial charge in [0.25, 0.3) is 0 Å². The minimum absolute atomic E-state index is 0.0600. The first kappa shape index (κ1) is 16.6. The molecule has 0 saturated carbocycles. The molecule has 0 bridgehead atoms. The number of amides is 2. The molecule has 0 aliphatic carbocycles. The molecule has 1 N–H and O–H groups in total. The van der Waals surface area contributed by atoms with Crippen molar-refractivity contribution in [3.63, 3.8) is 0 Å². The van der Waals surface area contributed by atoms with Crippen molar-refractivity contribution in [3.8, 4) is 5.75 Å². The third-order valence-electron chi connectivity index (χ3n) is 3.95. The van der Waals surface area contributed by atoms with E-state index in [1.165, 1.54) is 12.1 Å². The SMILES string of the molecule is CC[C@@H]1CN(C(=O)NCc2ccc(F)cc2)c2cc(Cl)ccc2O1. The van der Waals surface area contributed by atoms with Crippen LogP contribution in [0, 0.1) is 5.82 Å². The molecule has 0 saturated heterocycles. The Morgan fingerprint density at radius 1 is 1.33 bits per heavy atom. The highest BCUT2D eigenvalue weighted by Crippen LogP contribution is 2.36. The summed E-state index contributed by atoms with van der Waals surface area (Å²) >= 11 is 6.06. The van der Waals surface area contributed by atoms with Crippen LogP contribution >= 0.6 is 11.6 Å². The van der Waals surface area contributed by atoms with Crippen LogP contribution in [0.5, 0.6) is 5.75 Å². The number of urea groups is 1. The third kappa shape index (κ3) is 3.62. The van der Waals surface area contributed by atoms with Crippen molar-refractivity contribution in [1.29, 1.82) is 0 Å². The lowest BCUT2D eigenvalue weighted by molar-refractivity contribution is 0.186. The number of rotatable bonds is 3. The second-order valence-corrected chi connectivity index (χ2v) is 6.09. The second-order valence-electron chi connectivity index (χ2n) is 5.66. The molecule has 3 rings (SSSR count). The van der Waals surface area contributed by atoms with Crippen LogP contribution in [0.1, 0.15) is 18.9 Å². The first-order valence-corrected chi connectivity index (χ1v) is 8.20. The highest BCUT2D eigenvalue weighted by Gasteiger charge is 2.29. The quantitative estimate of drug-likeness (QED) is 0.895. The normalized spacial score (nSPS) is 16.3. The van der Waals surface area contributed by atoms with Crippen molar-refractivity contribution in [1.82, 2.24) is 5.32 Å². The lowest BCUT2D eigenvalue weighted by atomic mass is 10.1. The number of hydrogen-bond acceptors (Lipinski definition) is 2. The summed E-state index contributed by atoms with van der Waals surface area (Å²) in [6, 6.07) is 11.1. The first-order valence-electron chi connectivity index (χ1n) is 7.83. The number of hydrogen-bond donors (Lipinski definition) is 1. The lowest BCUT2D eigenvalue weighted by Gasteiger charge is -2.34. The number of carbonyl (C=O) groups is 1. The van der Waals surface area contributed by atoms with E-state index in [2.05, 4.69) is 5.32 Å². The van der Waals surface area contributed by atoms with Gasteiger partial charge in [-0.2, -0.15) is 0 Å². The van der Waals surface area contributed by atoms with Gasteiger partial charge < -0.3 is 10.1 Å². The van der Waals surface area contributed by atoms with E-state index in [1.807, 2.05) is 6.92 Å². The van der Waals surface area contributed by atoms with Gasteiger partial charge in [-0.15, -0.1) is 0 Å². The molecule has 4 nitrogen and oxygen atoms in total. The van der Waals surface area contributed by atoms with Crippen LogP contribution in [0.2, 0.25) is 5.02 Å². The molecule has 24 heavy (non-hydrogen) atoms. The van der Waals surface area contributed by atoms with Gasteiger partial charge in [0.1, 0.15) is 17.7 Å². The second kappa shape index (κ2) is 7.09. The fraction of sp³-hybridized carbons (Fsp3) is 0.278. The zero-order valence-corrected chi connectivity index (χ0v) is 14.0. The van der Waals surface area contributed by atoms with Gasteiger partial charge >= 0.3 is 6.03 Å². The van der Waals surface area contributed by atoms with Crippen LogP contribution in [0.15, 0.2) is 42.5 Å². The summed E-state index contributed by atoms with van der Waals surface area (Å²) in [4.78, 5) is 14.3. The molecule has 1 aliphatic heterocycles. The molecule has 126 valence electrons. The topological polar surface area (TPSA) is 41.6 Å². The number of anilines is 1. The summed E-state index contributed by atoms with van der Waals surface area (Å²) in [6.45, 7) is 2.79. The smallest absolute Gasteiger partial charge is 0.322 e. The monoisotopic (exact) mass is 348 g/mol. The van der Waals surface area contributed by atoms with Crippen molar-refractivity contribution >= 4 is 23.3 Å². The molecule has 0 fully saturated rings. The number of fused-ring (bicyclic) bond motifs is 1. The van der Waals surface area contributed by atoms with Gasteiger partial charge in [0.05, 0.1) is 12.2 Å². The van der Waals surface area contributed by atoms with Crippen LogP contribution in [0.3, 0.4) is 0 Å².